The van der Waals surface area contributed by atoms with Crippen LogP contribution in [-0.4, -0.2) is 52.5 Å². The fraction of sp³-hybridized carbons (Fsp3) is 0.500. The summed E-state index contributed by atoms with van der Waals surface area (Å²) in [7, 11) is 0. The topological polar surface area (TPSA) is 76.2 Å². The molecule has 1 aliphatic rings. The van der Waals surface area contributed by atoms with E-state index in [1.54, 1.807) is 18.5 Å². The molecule has 7 heteroatoms. The Bertz CT molecular complexity index is 724. The molecule has 1 unspecified atom stereocenters. The predicted molar refractivity (Wildman–Crippen MR) is 92.1 cm³/mol. The Kier molecular flexibility index (Phi) is 5.99. The molecule has 0 amide bonds. The molecule has 0 aliphatic carbocycles. The minimum absolute atomic E-state index is 0.0237. The number of ether oxygens (including phenoxy) is 2. The molecule has 1 fully saturated rings. The molecule has 0 spiro atoms. The van der Waals surface area contributed by atoms with Crippen molar-refractivity contribution in [2.24, 2.45) is 0 Å². The van der Waals surface area contributed by atoms with Crippen molar-refractivity contribution in [2.45, 2.75) is 26.0 Å². The fourth-order valence-electron chi connectivity index (χ4n) is 2.95. The average molecular weight is 341 g/mol. The van der Waals surface area contributed by atoms with Crippen molar-refractivity contribution >= 4 is 0 Å². The number of rotatable bonds is 7. The van der Waals surface area contributed by atoms with Crippen molar-refractivity contribution < 1.29 is 9.47 Å². The van der Waals surface area contributed by atoms with E-state index in [-0.39, 0.29) is 6.10 Å². The molecule has 7 nitrogen and oxygen atoms in total. The van der Waals surface area contributed by atoms with Crippen LogP contribution in [0.25, 0.3) is 0 Å². The van der Waals surface area contributed by atoms with Crippen molar-refractivity contribution in [3.8, 4) is 11.8 Å². The van der Waals surface area contributed by atoms with Crippen LogP contribution in [0.15, 0.2) is 30.6 Å². The van der Waals surface area contributed by atoms with Gasteiger partial charge in [-0.25, -0.2) is 0 Å². The Balaban J connectivity index is 1.44. The minimum atomic E-state index is -0.0237. The number of hydrogen-bond acceptors (Lipinski definition) is 6. The second kappa shape index (κ2) is 8.60. The fourth-order valence-corrected chi connectivity index (χ4v) is 2.95. The maximum absolute atomic E-state index is 8.91. The molecule has 1 atom stereocenters. The summed E-state index contributed by atoms with van der Waals surface area (Å²) in [6, 6.07) is 9.38. The van der Waals surface area contributed by atoms with Gasteiger partial charge in [-0.2, -0.15) is 5.26 Å². The molecule has 0 N–H and O–H groups in total. The van der Waals surface area contributed by atoms with Crippen molar-refractivity contribution in [1.29, 1.82) is 5.26 Å². The SMILES string of the molecule is CCn1cnnc1C1CN(CCCOc2cccc(C#N)c2)CCO1. The van der Waals surface area contributed by atoms with E-state index in [4.69, 9.17) is 14.7 Å². The van der Waals surface area contributed by atoms with Crippen molar-refractivity contribution in [3.05, 3.63) is 42.0 Å². The maximum atomic E-state index is 8.91. The highest BCUT2D eigenvalue weighted by Crippen LogP contribution is 2.20. The second-order valence-corrected chi connectivity index (χ2v) is 5.98. The van der Waals surface area contributed by atoms with Gasteiger partial charge in [0.25, 0.3) is 0 Å². The van der Waals surface area contributed by atoms with E-state index in [0.29, 0.717) is 18.8 Å². The summed E-state index contributed by atoms with van der Waals surface area (Å²) in [5.41, 5.74) is 0.619. The highest BCUT2D eigenvalue weighted by molar-refractivity contribution is 5.36. The lowest BCUT2D eigenvalue weighted by Crippen LogP contribution is -2.40. The number of aromatic nitrogens is 3. The number of nitrogens with zero attached hydrogens (tertiary/aromatic N) is 5. The van der Waals surface area contributed by atoms with E-state index >= 15 is 0 Å². The molecular formula is C18H23N5O2. The van der Waals surface area contributed by atoms with E-state index in [9.17, 15) is 0 Å². The highest BCUT2D eigenvalue weighted by Gasteiger charge is 2.25. The van der Waals surface area contributed by atoms with Crippen LogP contribution in [0, 0.1) is 11.3 Å². The first-order valence-corrected chi connectivity index (χ1v) is 8.64. The molecule has 132 valence electrons. The largest absolute Gasteiger partial charge is 0.494 e. The molecule has 1 aliphatic heterocycles. The Morgan fingerprint density at radius 2 is 2.36 bits per heavy atom. The molecule has 1 saturated heterocycles. The normalized spacial score (nSPS) is 18.0. The van der Waals surface area contributed by atoms with Crippen molar-refractivity contribution in [2.75, 3.05) is 32.8 Å². The van der Waals surface area contributed by atoms with E-state index in [1.807, 2.05) is 16.7 Å². The van der Waals surface area contributed by atoms with Gasteiger partial charge in [0, 0.05) is 26.2 Å². The average Bonchev–Trinajstić information content (AvgIpc) is 3.14. The van der Waals surface area contributed by atoms with Crippen LogP contribution in [0.5, 0.6) is 5.75 Å². The van der Waals surface area contributed by atoms with E-state index in [1.165, 1.54) is 0 Å². The van der Waals surface area contributed by atoms with Crippen LogP contribution in [0.1, 0.15) is 30.8 Å². The Morgan fingerprint density at radius 3 is 3.20 bits per heavy atom. The van der Waals surface area contributed by atoms with Gasteiger partial charge >= 0.3 is 0 Å². The van der Waals surface area contributed by atoms with Gasteiger partial charge in [-0.3, -0.25) is 4.90 Å². The van der Waals surface area contributed by atoms with Crippen LogP contribution < -0.4 is 4.74 Å². The summed E-state index contributed by atoms with van der Waals surface area (Å²) in [6.07, 6.45) is 2.65. The van der Waals surface area contributed by atoms with Gasteiger partial charge in [0.2, 0.25) is 0 Å². The van der Waals surface area contributed by atoms with Gasteiger partial charge in [0.1, 0.15) is 18.2 Å². The van der Waals surface area contributed by atoms with Gasteiger partial charge in [-0.05, 0) is 31.5 Å². The number of morpholine rings is 1. The van der Waals surface area contributed by atoms with Crippen LogP contribution in [-0.2, 0) is 11.3 Å². The van der Waals surface area contributed by atoms with Gasteiger partial charge in [0.15, 0.2) is 5.82 Å². The molecular weight excluding hydrogens is 318 g/mol. The number of hydrogen-bond donors (Lipinski definition) is 0. The van der Waals surface area contributed by atoms with E-state index in [2.05, 4.69) is 28.1 Å². The molecule has 0 radical (unpaired) electrons. The minimum Gasteiger partial charge on any atom is -0.494 e. The monoisotopic (exact) mass is 341 g/mol. The number of aryl methyl sites for hydroxylation is 1. The highest BCUT2D eigenvalue weighted by atomic mass is 16.5. The lowest BCUT2D eigenvalue weighted by atomic mass is 10.2. The van der Waals surface area contributed by atoms with Gasteiger partial charge < -0.3 is 14.0 Å². The second-order valence-electron chi connectivity index (χ2n) is 5.98. The predicted octanol–water partition coefficient (Wildman–Crippen LogP) is 2.01. The lowest BCUT2D eigenvalue weighted by Gasteiger charge is -2.32. The zero-order valence-electron chi connectivity index (χ0n) is 14.5. The maximum Gasteiger partial charge on any atom is 0.163 e. The first-order valence-electron chi connectivity index (χ1n) is 8.64. The van der Waals surface area contributed by atoms with Gasteiger partial charge in [0.05, 0.1) is 24.8 Å². The summed E-state index contributed by atoms with van der Waals surface area (Å²) in [5.74, 6) is 1.65. The van der Waals surface area contributed by atoms with Crippen LogP contribution >= 0.6 is 0 Å². The van der Waals surface area contributed by atoms with Crippen LogP contribution in [0.3, 0.4) is 0 Å². The third kappa shape index (κ3) is 4.56. The Morgan fingerprint density at radius 1 is 1.44 bits per heavy atom. The van der Waals surface area contributed by atoms with E-state index < -0.39 is 0 Å². The summed E-state index contributed by atoms with van der Waals surface area (Å²) in [4.78, 5) is 2.37. The summed E-state index contributed by atoms with van der Waals surface area (Å²) in [6.45, 7) is 6.93. The standard InChI is InChI=1S/C18H23N5O2/c1-2-23-14-20-21-18(23)17-13-22(8-10-25-17)7-4-9-24-16-6-3-5-15(11-16)12-19/h3,5-6,11,14,17H,2,4,7-10,13H2,1H3. The zero-order chi connectivity index (χ0) is 17.5. The van der Waals surface area contributed by atoms with Gasteiger partial charge in [-0.1, -0.05) is 6.07 Å². The molecule has 2 aromatic rings. The van der Waals surface area contributed by atoms with Gasteiger partial charge in [-0.15, -0.1) is 10.2 Å². The molecule has 1 aromatic carbocycles. The lowest BCUT2D eigenvalue weighted by molar-refractivity contribution is -0.0369. The molecule has 0 saturated carbocycles. The first kappa shape index (κ1) is 17.4. The Labute approximate surface area is 147 Å². The number of nitriles is 1. The zero-order valence-corrected chi connectivity index (χ0v) is 14.5. The number of benzene rings is 1. The first-order chi connectivity index (χ1) is 12.3. The molecule has 3 rings (SSSR count). The smallest absolute Gasteiger partial charge is 0.163 e. The van der Waals surface area contributed by atoms with Crippen LogP contribution in [0.4, 0.5) is 0 Å². The summed E-state index contributed by atoms with van der Waals surface area (Å²) < 4.78 is 13.6. The van der Waals surface area contributed by atoms with Crippen molar-refractivity contribution in [3.63, 3.8) is 0 Å². The Hall–Kier alpha value is -2.43. The molecule has 1 aromatic heterocycles. The third-order valence-electron chi connectivity index (χ3n) is 4.28. The molecule has 25 heavy (non-hydrogen) atoms. The third-order valence-corrected chi connectivity index (χ3v) is 4.28. The van der Waals surface area contributed by atoms with Crippen LogP contribution in [0.2, 0.25) is 0 Å². The summed E-state index contributed by atoms with van der Waals surface area (Å²) in [5, 5.41) is 17.1. The van der Waals surface area contributed by atoms with E-state index in [0.717, 1.165) is 44.2 Å². The summed E-state index contributed by atoms with van der Waals surface area (Å²) >= 11 is 0. The van der Waals surface area contributed by atoms with Crippen molar-refractivity contribution in [1.82, 2.24) is 19.7 Å². The molecule has 2 heterocycles. The molecule has 0 bridgehead atoms. The quantitative estimate of drug-likeness (QED) is 0.717.